The number of benzene rings is 2. The zero-order valence-electron chi connectivity index (χ0n) is 16.7. The Morgan fingerprint density at radius 1 is 1.03 bits per heavy atom. The largest absolute Gasteiger partial charge is 0.453 e. The Labute approximate surface area is 183 Å². The smallest absolute Gasteiger partial charge is 0.411 e. The Bertz CT molecular complexity index is 1250. The molecule has 8 nitrogen and oxygen atoms in total. The Kier molecular flexibility index (Phi) is 5.55. The number of imidazole rings is 1. The lowest BCUT2D eigenvalue weighted by Crippen LogP contribution is -2.27. The lowest BCUT2D eigenvalue weighted by molar-refractivity contribution is 0.0987. The average Bonchev–Trinajstić information content (AvgIpc) is 3.22. The van der Waals surface area contributed by atoms with E-state index in [1.165, 1.54) is 12.0 Å². The summed E-state index contributed by atoms with van der Waals surface area (Å²) in [7, 11) is 2.98. The van der Waals surface area contributed by atoms with Crippen molar-refractivity contribution in [2.24, 2.45) is 0 Å². The molecule has 0 spiro atoms. The van der Waals surface area contributed by atoms with Crippen LogP contribution in [-0.2, 0) is 4.74 Å². The van der Waals surface area contributed by atoms with E-state index >= 15 is 0 Å². The Hall–Kier alpha value is -3.91. The molecule has 0 aliphatic carbocycles. The monoisotopic (exact) mass is 435 g/mol. The van der Waals surface area contributed by atoms with Crippen LogP contribution in [0.4, 0.5) is 16.2 Å². The summed E-state index contributed by atoms with van der Waals surface area (Å²) >= 11 is 5.93. The van der Waals surface area contributed by atoms with E-state index in [1.807, 2.05) is 12.1 Å². The summed E-state index contributed by atoms with van der Waals surface area (Å²) in [6, 6.07) is 14.2. The first kappa shape index (κ1) is 20.4. The molecule has 0 saturated carbocycles. The second kappa shape index (κ2) is 8.45. The normalized spacial score (nSPS) is 10.7. The van der Waals surface area contributed by atoms with Crippen molar-refractivity contribution < 1.29 is 14.3 Å². The Balaban J connectivity index is 1.64. The number of hydrogen-bond donors (Lipinski definition) is 1. The second-order valence-electron chi connectivity index (χ2n) is 6.68. The number of nitrogens with zero attached hydrogens (tertiary/aromatic N) is 4. The molecule has 0 aliphatic heterocycles. The summed E-state index contributed by atoms with van der Waals surface area (Å²) in [5, 5.41) is 3.20. The molecule has 4 rings (SSSR count). The van der Waals surface area contributed by atoms with Crippen molar-refractivity contribution in [1.29, 1.82) is 0 Å². The molecule has 156 valence electrons. The van der Waals surface area contributed by atoms with E-state index in [0.717, 1.165) is 11.3 Å². The van der Waals surface area contributed by atoms with Gasteiger partial charge in [0.2, 0.25) is 0 Å². The highest BCUT2D eigenvalue weighted by atomic mass is 35.5. The average molecular weight is 436 g/mol. The van der Waals surface area contributed by atoms with Gasteiger partial charge in [-0.05, 0) is 36.4 Å². The number of aromatic nitrogens is 3. The van der Waals surface area contributed by atoms with Gasteiger partial charge in [-0.1, -0.05) is 23.7 Å². The maximum absolute atomic E-state index is 13.0. The minimum absolute atomic E-state index is 0.263. The molecular formula is C22H18ClN5O3. The first-order chi connectivity index (χ1) is 15.0. The maximum atomic E-state index is 13.0. The van der Waals surface area contributed by atoms with Gasteiger partial charge in [-0.25, -0.2) is 14.8 Å². The maximum Gasteiger partial charge on any atom is 0.411 e. The van der Waals surface area contributed by atoms with Crippen LogP contribution in [0.1, 0.15) is 10.5 Å². The predicted molar refractivity (Wildman–Crippen MR) is 119 cm³/mol. The van der Waals surface area contributed by atoms with Crippen LogP contribution in [-0.4, -0.2) is 40.5 Å². The van der Waals surface area contributed by atoms with Gasteiger partial charge < -0.3 is 9.64 Å². The molecule has 0 saturated heterocycles. The number of nitrogens with one attached hydrogen (secondary N) is 1. The van der Waals surface area contributed by atoms with Crippen molar-refractivity contribution >= 4 is 40.6 Å². The number of fused-ring (bicyclic) bond motifs is 1. The van der Waals surface area contributed by atoms with Crippen molar-refractivity contribution in [2.75, 3.05) is 24.4 Å². The van der Waals surface area contributed by atoms with Crippen molar-refractivity contribution in [2.45, 2.75) is 0 Å². The third-order valence-corrected chi connectivity index (χ3v) is 5.00. The molecule has 1 N–H and O–H groups in total. The number of hydrogen-bond acceptors (Lipinski definition) is 5. The fraction of sp³-hybridized carbons (Fsp3) is 0.0909. The number of halogens is 1. The van der Waals surface area contributed by atoms with Gasteiger partial charge in [0.05, 0.1) is 25.2 Å². The standard InChI is InChI=1S/C22H18ClN5O3/c1-27(17-9-5-15(23)6-10-17)21(29)18-13-28-19(11-25-20(28)12-24-18)14-3-7-16(8-4-14)26-22(30)31-2/h3-13H,1-2H3,(H,26,30). The lowest BCUT2D eigenvalue weighted by Gasteiger charge is -2.17. The highest BCUT2D eigenvalue weighted by Gasteiger charge is 2.17. The molecule has 0 fully saturated rings. The van der Waals surface area contributed by atoms with E-state index in [4.69, 9.17) is 11.6 Å². The SMILES string of the molecule is COC(=O)Nc1ccc(-c2cnc3cnc(C(=O)N(C)c4ccc(Cl)cc4)cn23)cc1. The zero-order valence-corrected chi connectivity index (χ0v) is 17.5. The number of amides is 2. The highest BCUT2D eigenvalue weighted by Crippen LogP contribution is 2.24. The molecule has 2 aromatic carbocycles. The fourth-order valence-corrected chi connectivity index (χ4v) is 3.19. The van der Waals surface area contributed by atoms with Gasteiger partial charge >= 0.3 is 6.09 Å². The van der Waals surface area contributed by atoms with E-state index < -0.39 is 6.09 Å². The first-order valence-electron chi connectivity index (χ1n) is 9.28. The van der Waals surface area contributed by atoms with Crippen molar-refractivity contribution in [3.8, 4) is 11.3 Å². The van der Waals surface area contributed by atoms with Crippen molar-refractivity contribution in [3.63, 3.8) is 0 Å². The summed E-state index contributed by atoms with van der Waals surface area (Å²) in [6.07, 6.45) is 4.38. The van der Waals surface area contributed by atoms with Gasteiger partial charge in [-0.3, -0.25) is 14.5 Å². The van der Waals surface area contributed by atoms with E-state index in [1.54, 1.807) is 66.4 Å². The summed E-state index contributed by atoms with van der Waals surface area (Å²) in [5.74, 6) is -0.263. The van der Waals surface area contributed by atoms with Crippen LogP contribution in [0.25, 0.3) is 16.9 Å². The van der Waals surface area contributed by atoms with Crippen LogP contribution in [0.15, 0.2) is 67.1 Å². The molecule has 0 bridgehead atoms. The van der Waals surface area contributed by atoms with Crippen LogP contribution in [0.2, 0.25) is 5.02 Å². The number of rotatable bonds is 4. The van der Waals surface area contributed by atoms with Gasteiger partial charge in [0.15, 0.2) is 5.65 Å². The number of ether oxygens (including phenoxy) is 1. The minimum atomic E-state index is -0.540. The summed E-state index contributed by atoms with van der Waals surface area (Å²) < 4.78 is 6.40. The molecular weight excluding hydrogens is 418 g/mol. The molecule has 31 heavy (non-hydrogen) atoms. The van der Waals surface area contributed by atoms with E-state index in [-0.39, 0.29) is 11.6 Å². The molecule has 9 heteroatoms. The van der Waals surface area contributed by atoms with E-state index in [2.05, 4.69) is 20.0 Å². The van der Waals surface area contributed by atoms with Crippen molar-refractivity contribution in [1.82, 2.24) is 14.4 Å². The van der Waals surface area contributed by atoms with Crippen LogP contribution < -0.4 is 10.2 Å². The van der Waals surface area contributed by atoms with Gasteiger partial charge in [0.1, 0.15) is 5.69 Å². The third-order valence-electron chi connectivity index (χ3n) is 4.75. The first-order valence-corrected chi connectivity index (χ1v) is 9.66. The number of anilines is 2. The van der Waals surface area contributed by atoms with Gasteiger partial charge in [0.25, 0.3) is 5.91 Å². The van der Waals surface area contributed by atoms with Crippen molar-refractivity contribution in [3.05, 3.63) is 77.8 Å². The van der Waals surface area contributed by atoms with E-state index in [9.17, 15) is 9.59 Å². The Morgan fingerprint density at radius 2 is 1.74 bits per heavy atom. The number of methoxy groups -OCH3 is 1. The predicted octanol–water partition coefficient (Wildman–Crippen LogP) is 4.50. The molecule has 2 amide bonds. The second-order valence-corrected chi connectivity index (χ2v) is 7.12. The molecule has 0 atom stereocenters. The number of carbonyl (C=O) groups excluding carboxylic acids is 2. The quantitative estimate of drug-likeness (QED) is 0.509. The molecule has 0 aliphatic rings. The summed E-state index contributed by atoms with van der Waals surface area (Å²) in [5.41, 5.74) is 3.83. The zero-order chi connectivity index (χ0) is 22.0. The molecule has 2 aromatic heterocycles. The molecule has 2 heterocycles. The minimum Gasteiger partial charge on any atom is -0.453 e. The molecule has 0 unspecified atom stereocenters. The molecule has 4 aromatic rings. The topological polar surface area (TPSA) is 88.8 Å². The highest BCUT2D eigenvalue weighted by molar-refractivity contribution is 6.30. The van der Waals surface area contributed by atoms with Crippen LogP contribution >= 0.6 is 11.6 Å². The van der Waals surface area contributed by atoms with Crippen LogP contribution in [0.5, 0.6) is 0 Å². The van der Waals surface area contributed by atoms with E-state index in [0.29, 0.717) is 22.0 Å². The fourth-order valence-electron chi connectivity index (χ4n) is 3.06. The molecule has 0 radical (unpaired) electrons. The lowest BCUT2D eigenvalue weighted by atomic mass is 10.1. The summed E-state index contributed by atoms with van der Waals surface area (Å²) in [4.78, 5) is 34.5. The third kappa shape index (κ3) is 4.19. The van der Waals surface area contributed by atoms with Crippen LogP contribution in [0, 0.1) is 0 Å². The summed E-state index contributed by atoms with van der Waals surface area (Å²) in [6.45, 7) is 0. The van der Waals surface area contributed by atoms with Gasteiger partial charge in [-0.15, -0.1) is 0 Å². The van der Waals surface area contributed by atoms with Gasteiger partial charge in [-0.2, -0.15) is 0 Å². The Morgan fingerprint density at radius 3 is 2.42 bits per heavy atom. The number of carbonyl (C=O) groups is 2. The van der Waals surface area contributed by atoms with Gasteiger partial charge in [0, 0.05) is 35.2 Å². The van der Waals surface area contributed by atoms with Crippen LogP contribution in [0.3, 0.4) is 0 Å².